The van der Waals surface area contributed by atoms with Gasteiger partial charge in [0, 0.05) is 0 Å². The normalized spacial score (nSPS) is 11.4. The maximum atomic E-state index is 11.7. The molecule has 126 valence electrons. The lowest BCUT2D eigenvalue weighted by molar-refractivity contribution is -0.173. The summed E-state index contributed by atoms with van der Waals surface area (Å²) in [6.45, 7) is -1.77. The summed E-state index contributed by atoms with van der Waals surface area (Å²) in [4.78, 5) is 41.8. The summed E-state index contributed by atoms with van der Waals surface area (Å²) < 4.78 is 78.1. The summed E-state index contributed by atoms with van der Waals surface area (Å²) in [5, 5.41) is 1.55. The Kier molecular flexibility index (Phi) is 6.60. The lowest BCUT2D eigenvalue weighted by atomic mass is 10.6. The van der Waals surface area contributed by atoms with E-state index in [-0.39, 0.29) is 0 Å². The average molecular weight is 340 g/mol. The fourth-order valence-corrected chi connectivity index (χ4v) is 0.668. The van der Waals surface area contributed by atoms with E-state index in [2.05, 4.69) is 9.47 Å². The molecule has 0 aliphatic heterocycles. The minimum atomic E-state index is -5.33. The monoisotopic (exact) mass is 340 g/mol. The predicted octanol–water partition coefficient (Wildman–Crippen LogP) is 0.617. The molecule has 0 saturated heterocycles. The molecule has 22 heavy (non-hydrogen) atoms. The van der Waals surface area contributed by atoms with Crippen molar-refractivity contribution in [1.29, 1.82) is 0 Å². The van der Waals surface area contributed by atoms with Crippen LogP contribution in [-0.4, -0.2) is 49.6 Å². The number of ether oxygens (including phenoxy) is 2. The first-order valence-corrected chi connectivity index (χ1v) is 4.94. The number of amides is 4. The van der Waals surface area contributed by atoms with Gasteiger partial charge in [0.1, 0.15) is 13.2 Å². The molecule has 0 aromatic heterocycles. The van der Waals surface area contributed by atoms with Crippen molar-refractivity contribution in [3.05, 3.63) is 0 Å². The molecule has 0 saturated carbocycles. The van der Waals surface area contributed by atoms with Crippen molar-refractivity contribution in [2.24, 2.45) is 0 Å². The first-order valence-electron chi connectivity index (χ1n) is 4.94. The highest BCUT2D eigenvalue weighted by Crippen LogP contribution is 2.14. The van der Waals surface area contributed by atoms with E-state index < -0.39 is 49.6 Å². The Hall–Kier alpha value is -2.54. The molecule has 0 atom stereocenters. The molecule has 0 aliphatic rings. The fourth-order valence-electron chi connectivity index (χ4n) is 0.668. The number of alkyl carbamates (subject to hydrolysis) is 2. The molecule has 0 fully saturated rings. The summed E-state index contributed by atoms with van der Waals surface area (Å²) >= 11 is 0. The molecule has 14 heteroatoms. The Labute approximate surface area is 116 Å². The van der Waals surface area contributed by atoms with Crippen LogP contribution in [0, 0.1) is 0 Å². The topological polar surface area (TPSA) is 111 Å². The molecule has 0 bridgehead atoms. The lowest BCUT2D eigenvalue weighted by Gasteiger charge is -2.09. The second kappa shape index (κ2) is 7.46. The molecular weight excluding hydrogens is 334 g/mol. The van der Waals surface area contributed by atoms with E-state index in [1.165, 1.54) is 0 Å². The zero-order chi connectivity index (χ0) is 17.6. The summed E-state index contributed by atoms with van der Waals surface area (Å²) in [6, 6.07) is 0. The van der Waals surface area contributed by atoms with E-state index in [0.29, 0.717) is 0 Å². The van der Waals surface area contributed by atoms with Crippen LogP contribution in [-0.2, 0) is 19.1 Å². The maximum Gasteiger partial charge on any atom is 0.471 e. The van der Waals surface area contributed by atoms with Crippen LogP contribution in [0.25, 0.3) is 0 Å². The number of nitrogens with one attached hydrogen (secondary N) is 2. The van der Waals surface area contributed by atoms with Gasteiger partial charge in [0.25, 0.3) is 0 Å². The van der Waals surface area contributed by atoms with Gasteiger partial charge in [-0.05, 0) is 0 Å². The van der Waals surface area contributed by atoms with Crippen LogP contribution in [0.2, 0.25) is 0 Å². The Morgan fingerprint density at radius 3 is 1.18 bits per heavy atom. The standard InChI is InChI=1S/C8H6F6N2O6/c9-7(10,11)3(17)15-5(19)21-1-2-22-6(20)16-4(18)8(12,13)14/h1-2H2,(H,15,17,19)(H,16,18,20). The van der Waals surface area contributed by atoms with Crippen molar-refractivity contribution >= 4 is 24.0 Å². The molecular formula is C8H6F6N2O6. The largest absolute Gasteiger partial charge is 0.471 e. The van der Waals surface area contributed by atoms with E-state index in [0.717, 1.165) is 10.6 Å². The highest BCUT2D eigenvalue weighted by atomic mass is 19.4. The number of carbonyl (C=O) groups is 4. The number of hydrogen-bond acceptors (Lipinski definition) is 6. The zero-order valence-electron chi connectivity index (χ0n) is 10.1. The third-order valence-corrected chi connectivity index (χ3v) is 1.50. The van der Waals surface area contributed by atoms with E-state index in [1.54, 1.807) is 0 Å². The highest BCUT2D eigenvalue weighted by Gasteiger charge is 2.40. The quantitative estimate of drug-likeness (QED) is 0.575. The van der Waals surface area contributed by atoms with Gasteiger partial charge in [-0.25, -0.2) is 9.59 Å². The average Bonchev–Trinajstić information content (AvgIpc) is 2.32. The zero-order valence-corrected chi connectivity index (χ0v) is 10.1. The summed E-state index contributed by atoms with van der Waals surface area (Å²) in [6.07, 6.45) is -14.3. The van der Waals surface area contributed by atoms with Crippen molar-refractivity contribution in [2.45, 2.75) is 12.4 Å². The number of hydrogen-bond donors (Lipinski definition) is 2. The van der Waals surface area contributed by atoms with E-state index in [1.807, 2.05) is 0 Å². The molecule has 0 aromatic rings. The third kappa shape index (κ3) is 7.91. The van der Waals surface area contributed by atoms with Crippen LogP contribution in [0.15, 0.2) is 0 Å². The molecule has 2 N–H and O–H groups in total. The van der Waals surface area contributed by atoms with Gasteiger partial charge in [0.2, 0.25) is 0 Å². The van der Waals surface area contributed by atoms with Crippen molar-refractivity contribution in [1.82, 2.24) is 10.6 Å². The first kappa shape index (κ1) is 19.5. The van der Waals surface area contributed by atoms with Crippen molar-refractivity contribution < 1.29 is 55.0 Å². The van der Waals surface area contributed by atoms with Crippen molar-refractivity contribution in [2.75, 3.05) is 13.2 Å². The van der Waals surface area contributed by atoms with Gasteiger partial charge in [0.05, 0.1) is 0 Å². The van der Waals surface area contributed by atoms with E-state index in [4.69, 9.17) is 0 Å². The second-order valence-electron chi connectivity index (χ2n) is 3.18. The van der Waals surface area contributed by atoms with Crippen LogP contribution < -0.4 is 10.6 Å². The Bertz CT molecular complexity index is 417. The van der Waals surface area contributed by atoms with E-state index in [9.17, 15) is 45.5 Å². The Morgan fingerprint density at radius 2 is 0.955 bits per heavy atom. The molecule has 8 nitrogen and oxygen atoms in total. The second-order valence-corrected chi connectivity index (χ2v) is 3.18. The molecule has 0 spiro atoms. The van der Waals surface area contributed by atoms with Crippen LogP contribution in [0.3, 0.4) is 0 Å². The first-order chi connectivity index (χ1) is 9.84. The van der Waals surface area contributed by atoms with Crippen LogP contribution in [0.4, 0.5) is 35.9 Å². The van der Waals surface area contributed by atoms with Gasteiger partial charge in [0.15, 0.2) is 0 Å². The Morgan fingerprint density at radius 1 is 0.682 bits per heavy atom. The van der Waals surface area contributed by atoms with Crippen molar-refractivity contribution in [3.8, 4) is 0 Å². The third-order valence-electron chi connectivity index (χ3n) is 1.50. The Balaban J connectivity index is 3.94. The number of carbonyl (C=O) groups excluding carboxylic acids is 4. The molecule has 0 aliphatic carbocycles. The van der Waals surface area contributed by atoms with Crippen LogP contribution in [0.1, 0.15) is 0 Å². The number of halogens is 6. The summed E-state index contributed by atoms with van der Waals surface area (Å²) in [5.41, 5.74) is 0. The van der Waals surface area contributed by atoms with E-state index >= 15 is 0 Å². The van der Waals surface area contributed by atoms with Gasteiger partial charge in [-0.1, -0.05) is 0 Å². The minimum absolute atomic E-state index is 0.776. The van der Waals surface area contributed by atoms with Gasteiger partial charge in [-0.3, -0.25) is 20.2 Å². The summed E-state index contributed by atoms with van der Waals surface area (Å²) in [7, 11) is 0. The van der Waals surface area contributed by atoms with Gasteiger partial charge in [-0.2, -0.15) is 26.3 Å². The van der Waals surface area contributed by atoms with Gasteiger partial charge in [-0.15, -0.1) is 0 Å². The highest BCUT2D eigenvalue weighted by molar-refractivity contribution is 5.95. The van der Waals surface area contributed by atoms with Crippen LogP contribution in [0.5, 0.6) is 0 Å². The van der Waals surface area contributed by atoms with Gasteiger partial charge < -0.3 is 9.47 Å². The van der Waals surface area contributed by atoms with Crippen LogP contribution >= 0.6 is 0 Å². The number of rotatable bonds is 3. The molecule has 4 amide bonds. The minimum Gasteiger partial charge on any atom is -0.446 e. The molecule has 0 heterocycles. The predicted molar refractivity (Wildman–Crippen MR) is 51.1 cm³/mol. The SMILES string of the molecule is O=C(NC(=O)C(F)(F)F)OCCOC(=O)NC(=O)C(F)(F)F. The van der Waals surface area contributed by atoms with Crippen molar-refractivity contribution in [3.63, 3.8) is 0 Å². The smallest absolute Gasteiger partial charge is 0.446 e. The fraction of sp³-hybridized carbons (Fsp3) is 0.500. The number of imide groups is 2. The number of alkyl halides is 6. The molecule has 0 aromatic carbocycles. The maximum absolute atomic E-state index is 11.7. The molecule has 0 rings (SSSR count). The molecule has 0 unspecified atom stereocenters. The van der Waals surface area contributed by atoms with Gasteiger partial charge >= 0.3 is 36.4 Å². The molecule has 0 radical (unpaired) electrons. The lowest BCUT2D eigenvalue weighted by Crippen LogP contribution is -2.42. The summed E-state index contributed by atoms with van der Waals surface area (Å²) in [5.74, 6) is -5.21.